The third kappa shape index (κ3) is 6.57. The Morgan fingerprint density at radius 3 is 2.35 bits per heavy atom. The molecule has 0 aliphatic carbocycles. The van der Waals surface area contributed by atoms with Gasteiger partial charge in [0.05, 0.1) is 12.1 Å². The van der Waals surface area contributed by atoms with Crippen molar-refractivity contribution in [1.29, 1.82) is 0 Å². The molecule has 1 amide bonds. The summed E-state index contributed by atoms with van der Waals surface area (Å²) in [6.45, 7) is 1.84. The van der Waals surface area contributed by atoms with E-state index in [4.69, 9.17) is 0 Å². The molecule has 23 heavy (non-hydrogen) atoms. The van der Waals surface area contributed by atoms with Gasteiger partial charge in [0.25, 0.3) is 0 Å². The normalized spacial score (nSPS) is 12.0. The average Bonchev–Trinajstić information content (AvgIpc) is 2.59. The van der Waals surface area contributed by atoms with Crippen LogP contribution in [-0.2, 0) is 11.2 Å². The highest BCUT2D eigenvalue weighted by atomic mass is 16.2. The van der Waals surface area contributed by atoms with Gasteiger partial charge in [0.15, 0.2) is 0 Å². The Balaban J connectivity index is 1.79. The molecule has 0 saturated heterocycles. The number of nitrogens with zero attached hydrogens (tertiary/aromatic N) is 1. The SMILES string of the molecule is CC(/C=C/C=C/c1ccccc1)=N/NC(=O)Cc1ccccc1. The first kappa shape index (κ1) is 16.4. The molecule has 0 spiro atoms. The van der Waals surface area contributed by atoms with Gasteiger partial charge in [-0.2, -0.15) is 5.10 Å². The van der Waals surface area contributed by atoms with Crippen LogP contribution in [0.5, 0.6) is 0 Å². The molecule has 0 aromatic heterocycles. The van der Waals surface area contributed by atoms with E-state index in [1.807, 2.05) is 91.9 Å². The van der Waals surface area contributed by atoms with Crippen LogP contribution < -0.4 is 5.43 Å². The third-order valence-corrected chi connectivity index (χ3v) is 3.10. The molecule has 2 aromatic carbocycles. The maximum Gasteiger partial charge on any atom is 0.244 e. The molecule has 0 unspecified atom stereocenters. The standard InChI is InChI=1S/C20H20N2O/c1-17(10-8-9-13-18-11-4-2-5-12-18)21-22-20(23)16-19-14-6-3-7-15-19/h2-15H,16H2,1H3,(H,22,23)/b10-8+,13-9+,21-17-. The summed E-state index contributed by atoms with van der Waals surface area (Å²) in [6, 6.07) is 19.7. The van der Waals surface area contributed by atoms with Crippen molar-refractivity contribution in [1.82, 2.24) is 5.43 Å². The number of carbonyl (C=O) groups is 1. The van der Waals surface area contributed by atoms with E-state index >= 15 is 0 Å². The minimum Gasteiger partial charge on any atom is -0.273 e. The second-order valence-corrected chi connectivity index (χ2v) is 5.08. The van der Waals surface area contributed by atoms with Crippen LogP contribution in [0, 0.1) is 0 Å². The van der Waals surface area contributed by atoms with Crippen molar-refractivity contribution >= 4 is 17.7 Å². The van der Waals surface area contributed by atoms with Gasteiger partial charge in [0.2, 0.25) is 5.91 Å². The lowest BCUT2D eigenvalue weighted by Gasteiger charge is -2.00. The quantitative estimate of drug-likeness (QED) is 0.489. The Morgan fingerprint density at radius 1 is 1.00 bits per heavy atom. The van der Waals surface area contributed by atoms with E-state index in [9.17, 15) is 4.79 Å². The van der Waals surface area contributed by atoms with Crippen LogP contribution in [0.4, 0.5) is 0 Å². The predicted octanol–water partition coefficient (Wildman–Crippen LogP) is 3.99. The van der Waals surface area contributed by atoms with E-state index in [-0.39, 0.29) is 5.91 Å². The second-order valence-electron chi connectivity index (χ2n) is 5.08. The summed E-state index contributed by atoms with van der Waals surface area (Å²) in [6.07, 6.45) is 8.03. The van der Waals surface area contributed by atoms with Crippen LogP contribution in [0.25, 0.3) is 6.08 Å². The van der Waals surface area contributed by atoms with E-state index < -0.39 is 0 Å². The molecule has 0 atom stereocenters. The second kappa shape index (κ2) is 9.15. The van der Waals surface area contributed by atoms with Gasteiger partial charge in [-0.15, -0.1) is 0 Å². The van der Waals surface area contributed by atoms with Crippen LogP contribution in [-0.4, -0.2) is 11.6 Å². The Morgan fingerprint density at radius 2 is 1.65 bits per heavy atom. The lowest BCUT2D eigenvalue weighted by atomic mass is 10.1. The molecular weight excluding hydrogens is 284 g/mol. The smallest absolute Gasteiger partial charge is 0.244 e. The molecule has 0 heterocycles. The van der Waals surface area contributed by atoms with Crippen LogP contribution in [0.2, 0.25) is 0 Å². The van der Waals surface area contributed by atoms with E-state index in [2.05, 4.69) is 10.5 Å². The average molecular weight is 304 g/mol. The minimum absolute atomic E-state index is 0.122. The predicted molar refractivity (Wildman–Crippen MR) is 96.0 cm³/mol. The summed E-state index contributed by atoms with van der Waals surface area (Å²) in [5, 5.41) is 4.06. The summed E-state index contributed by atoms with van der Waals surface area (Å²) < 4.78 is 0. The fourth-order valence-electron chi connectivity index (χ4n) is 1.93. The molecule has 116 valence electrons. The lowest BCUT2D eigenvalue weighted by molar-refractivity contribution is -0.120. The van der Waals surface area contributed by atoms with Crippen molar-refractivity contribution in [3.05, 3.63) is 90.0 Å². The number of nitrogens with one attached hydrogen (secondary N) is 1. The fourth-order valence-corrected chi connectivity index (χ4v) is 1.93. The summed E-state index contributed by atoms with van der Waals surface area (Å²) in [5.74, 6) is -0.122. The van der Waals surface area contributed by atoms with Gasteiger partial charge < -0.3 is 0 Å². The molecule has 0 aliphatic heterocycles. The van der Waals surface area contributed by atoms with Crippen LogP contribution in [0.1, 0.15) is 18.1 Å². The van der Waals surface area contributed by atoms with Crippen molar-refractivity contribution in [3.8, 4) is 0 Å². The van der Waals surface area contributed by atoms with Crippen molar-refractivity contribution in [3.63, 3.8) is 0 Å². The molecular formula is C20H20N2O. The molecule has 3 heteroatoms. The summed E-state index contributed by atoms with van der Waals surface area (Å²) in [7, 11) is 0. The molecule has 0 aliphatic rings. The minimum atomic E-state index is -0.122. The number of hydrogen-bond donors (Lipinski definition) is 1. The first-order chi connectivity index (χ1) is 11.2. The molecule has 2 rings (SSSR count). The number of benzene rings is 2. The Labute approximate surface area is 137 Å². The zero-order valence-electron chi connectivity index (χ0n) is 13.1. The van der Waals surface area contributed by atoms with Gasteiger partial charge in [-0.3, -0.25) is 4.79 Å². The van der Waals surface area contributed by atoms with E-state index in [0.29, 0.717) is 6.42 Å². The molecule has 0 fully saturated rings. The third-order valence-electron chi connectivity index (χ3n) is 3.10. The monoisotopic (exact) mass is 304 g/mol. The van der Waals surface area contributed by atoms with Crippen molar-refractivity contribution in [2.45, 2.75) is 13.3 Å². The zero-order chi connectivity index (χ0) is 16.3. The van der Waals surface area contributed by atoms with Gasteiger partial charge in [0, 0.05) is 0 Å². The number of hydrogen-bond acceptors (Lipinski definition) is 2. The van der Waals surface area contributed by atoms with E-state index in [0.717, 1.165) is 16.8 Å². The number of carbonyl (C=O) groups excluding carboxylic acids is 1. The highest BCUT2D eigenvalue weighted by molar-refractivity contribution is 5.94. The summed E-state index contributed by atoms with van der Waals surface area (Å²) in [5.41, 5.74) is 5.42. The number of amides is 1. The maximum absolute atomic E-state index is 11.8. The fraction of sp³-hybridized carbons (Fsp3) is 0.100. The van der Waals surface area contributed by atoms with Gasteiger partial charge in [-0.25, -0.2) is 5.43 Å². The highest BCUT2D eigenvalue weighted by Crippen LogP contribution is 2.01. The maximum atomic E-state index is 11.8. The topological polar surface area (TPSA) is 41.5 Å². The Kier molecular flexibility index (Phi) is 6.54. The van der Waals surface area contributed by atoms with E-state index in [1.165, 1.54) is 0 Å². The molecule has 2 aromatic rings. The Hall–Kier alpha value is -2.94. The summed E-state index contributed by atoms with van der Waals surface area (Å²) in [4.78, 5) is 11.8. The molecule has 3 nitrogen and oxygen atoms in total. The zero-order valence-corrected chi connectivity index (χ0v) is 13.1. The highest BCUT2D eigenvalue weighted by Gasteiger charge is 2.00. The van der Waals surface area contributed by atoms with Crippen molar-refractivity contribution in [2.75, 3.05) is 0 Å². The summed E-state index contributed by atoms with van der Waals surface area (Å²) >= 11 is 0. The Bertz CT molecular complexity index is 701. The number of rotatable bonds is 6. The van der Waals surface area contributed by atoms with E-state index in [1.54, 1.807) is 0 Å². The largest absolute Gasteiger partial charge is 0.273 e. The van der Waals surface area contributed by atoms with Crippen LogP contribution in [0.15, 0.2) is 84.0 Å². The van der Waals surface area contributed by atoms with Gasteiger partial charge in [-0.05, 0) is 24.1 Å². The lowest BCUT2D eigenvalue weighted by Crippen LogP contribution is -2.20. The molecule has 0 radical (unpaired) electrons. The van der Waals surface area contributed by atoms with Gasteiger partial charge in [-0.1, -0.05) is 78.9 Å². The molecule has 0 bridgehead atoms. The molecule has 0 saturated carbocycles. The first-order valence-corrected chi connectivity index (χ1v) is 7.51. The number of hydrazone groups is 1. The first-order valence-electron chi connectivity index (χ1n) is 7.51. The van der Waals surface area contributed by atoms with Gasteiger partial charge >= 0.3 is 0 Å². The number of allylic oxidation sites excluding steroid dienone is 3. The van der Waals surface area contributed by atoms with Crippen molar-refractivity contribution < 1.29 is 4.79 Å². The van der Waals surface area contributed by atoms with Crippen molar-refractivity contribution in [2.24, 2.45) is 5.10 Å². The van der Waals surface area contributed by atoms with Crippen LogP contribution in [0.3, 0.4) is 0 Å². The van der Waals surface area contributed by atoms with Gasteiger partial charge in [0.1, 0.15) is 0 Å². The molecule has 1 N–H and O–H groups in total. The van der Waals surface area contributed by atoms with Crippen LogP contribution >= 0.6 is 0 Å².